The van der Waals surface area contributed by atoms with Gasteiger partial charge in [-0.3, -0.25) is 4.79 Å². The van der Waals surface area contributed by atoms with Crippen molar-refractivity contribution in [3.05, 3.63) is 36.0 Å². The lowest BCUT2D eigenvalue weighted by atomic mass is 10.1. The fourth-order valence-electron chi connectivity index (χ4n) is 1.63. The minimum Gasteiger partial charge on any atom is -0.360 e. The Labute approximate surface area is 93.1 Å². The Morgan fingerprint density at radius 1 is 1.40 bits per heavy atom. The lowest BCUT2D eigenvalue weighted by Gasteiger charge is -1.97. The molecule has 2 aromatic rings. The van der Waals surface area contributed by atoms with Crippen LogP contribution in [0.2, 0.25) is 0 Å². The van der Waals surface area contributed by atoms with Gasteiger partial charge in [0.2, 0.25) is 0 Å². The first kappa shape index (κ1) is 10.3. The van der Waals surface area contributed by atoms with E-state index in [1.54, 1.807) is 11.8 Å². The molecule has 0 spiro atoms. The minimum absolute atomic E-state index is 0.224. The van der Waals surface area contributed by atoms with Gasteiger partial charge in [-0.05, 0) is 12.3 Å². The highest BCUT2D eigenvalue weighted by atomic mass is 32.2. The van der Waals surface area contributed by atoms with Crippen LogP contribution in [0.25, 0.3) is 10.9 Å². The average Bonchev–Trinajstić information content (AvgIpc) is 2.69. The molecule has 2 rings (SSSR count). The van der Waals surface area contributed by atoms with Crippen LogP contribution in [0.3, 0.4) is 0 Å². The molecule has 0 aliphatic rings. The number of H-pyrrole nitrogens is 1. The topological polar surface area (TPSA) is 32.9 Å². The summed E-state index contributed by atoms with van der Waals surface area (Å²) in [4.78, 5) is 15.0. The number of Topliss-reactive ketones (excluding diaryl/α,β-unsaturated/α-hetero) is 1. The summed E-state index contributed by atoms with van der Waals surface area (Å²) in [5.74, 6) is 1.11. The third kappa shape index (κ3) is 2.07. The van der Waals surface area contributed by atoms with E-state index in [-0.39, 0.29) is 5.78 Å². The fourth-order valence-corrected chi connectivity index (χ4v) is 2.02. The van der Waals surface area contributed by atoms with Crippen LogP contribution in [0, 0.1) is 0 Å². The summed E-state index contributed by atoms with van der Waals surface area (Å²) in [6.07, 6.45) is 4.44. The number of rotatable bonds is 4. The second-order valence-electron chi connectivity index (χ2n) is 3.41. The van der Waals surface area contributed by atoms with Gasteiger partial charge in [0.15, 0.2) is 5.78 Å². The molecule has 1 heterocycles. The molecule has 2 nitrogen and oxygen atoms in total. The van der Waals surface area contributed by atoms with Crippen LogP contribution >= 0.6 is 11.8 Å². The molecule has 0 radical (unpaired) electrons. The van der Waals surface area contributed by atoms with Crippen LogP contribution in [0.5, 0.6) is 0 Å². The van der Waals surface area contributed by atoms with E-state index in [2.05, 4.69) is 4.98 Å². The van der Waals surface area contributed by atoms with Crippen molar-refractivity contribution < 1.29 is 4.79 Å². The number of aromatic amines is 1. The van der Waals surface area contributed by atoms with Crippen molar-refractivity contribution in [2.24, 2.45) is 0 Å². The largest absolute Gasteiger partial charge is 0.360 e. The molecule has 0 bridgehead atoms. The number of para-hydroxylation sites is 1. The summed E-state index contributed by atoms with van der Waals surface area (Å²) >= 11 is 1.70. The van der Waals surface area contributed by atoms with Gasteiger partial charge in [-0.1, -0.05) is 18.2 Å². The third-order valence-corrected chi connectivity index (χ3v) is 3.04. The molecule has 78 valence electrons. The molecule has 0 amide bonds. The van der Waals surface area contributed by atoms with Gasteiger partial charge >= 0.3 is 0 Å². The van der Waals surface area contributed by atoms with Crippen molar-refractivity contribution in [1.82, 2.24) is 4.98 Å². The molecule has 0 aliphatic carbocycles. The van der Waals surface area contributed by atoms with Gasteiger partial charge in [0.1, 0.15) is 0 Å². The third-order valence-electron chi connectivity index (χ3n) is 2.42. The Kier molecular flexibility index (Phi) is 3.11. The molecule has 0 saturated heterocycles. The van der Waals surface area contributed by atoms with Gasteiger partial charge in [-0.25, -0.2) is 0 Å². The average molecular weight is 219 g/mol. The van der Waals surface area contributed by atoms with E-state index in [9.17, 15) is 4.79 Å². The van der Waals surface area contributed by atoms with E-state index >= 15 is 0 Å². The summed E-state index contributed by atoms with van der Waals surface area (Å²) in [6.45, 7) is 0. The number of ketones is 1. The summed E-state index contributed by atoms with van der Waals surface area (Å²) in [5, 5.41) is 1.03. The van der Waals surface area contributed by atoms with Crippen LogP contribution < -0.4 is 0 Å². The Morgan fingerprint density at radius 3 is 3.00 bits per heavy atom. The van der Waals surface area contributed by atoms with Gasteiger partial charge in [0.05, 0.1) is 0 Å². The number of benzene rings is 1. The van der Waals surface area contributed by atoms with Crippen LogP contribution in [0.4, 0.5) is 0 Å². The molecule has 1 N–H and O–H groups in total. The maximum Gasteiger partial charge on any atom is 0.165 e. The quantitative estimate of drug-likeness (QED) is 0.801. The SMILES string of the molecule is CSCCC(=O)c1c[nH]c2ccccc12. The van der Waals surface area contributed by atoms with Crippen molar-refractivity contribution in [2.45, 2.75) is 6.42 Å². The number of carbonyl (C=O) groups excluding carboxylic acids is 1. The second kappa shape index (κ2) is 4.53. The molecule has 0 saturated carbocycles. The lowest BCUT2D eigenvalue weighted by Crippen LogP contribution is -1.99. The zero-order chi connectivity index (χ0) is 10.7. The number of carbonyl (C=O) groups is 1. The molecule has 1 aromatic carbocycles. The highest BCUT2D eigenvalue weighted by molar-refractivity contribution is 7.98. The van der Waals surface area contributed by atoms with E-state index in [4.69, 9.17) is 0 Å². The van der Waals surface area contributed by atoms with E-state index in [1.165, 1.54) is 0 Å². The molecule has 15 heavy (non-hydrogen) atoms. The first-order valence-corrected chi connectivity index (χ1v) is 6.30. The number of hydrogen-bond acceptors (Lipinski definition) is 2. The first-order chi connectivity index (χ1) is 7.33. The Hall–Kier alpha value is -1.22. The number of thioether (sulfide) groups is 1. The highest BCUT2D eigenvalue weighted by Gasteiger charge is 2.10. The number of fused-ring (bicyclic) bond motifs is 1. The predicted molar refractivity (Wildman–Crippen MR) is 65.6 cm³/mol. The maximum atomic E-state index is 11.8. The molecule has 0 fully saturated rings. The second-order valence-corrected chi connectivity index (χ2v) is 4.40. The molecular weight excluding hydrogens is 206 g/mol. The summed E-state index contributed by atoms with van der Waals surface area (Å²) in [7, 11) is 0. The van der Waals surface area contributed by atoms with Crippen LogP contribution in [-0.2, 0) is 0 Å². The maximum absolute atomic E-state index is 11.8. The Morgan fingerprint density at radius 2 is 2.20 bits per heavy atom. The molecule has 0 unspecified atom stereocenters. The zero-order valence-electron chi connectivity index (χ0n) is 8.62. The summed E-state index contributed by atoms with van der Waals surface area (Å²) in [6, 6.07) is 7.90. The summed E-state index contributed by atoms with van der Waals surface area (Å²) < 4.78 is 0. The van der Waals surface area contributed by atoms with Crippen LogP contribution in [-0.4, -0.2) is 22.8 Å². The first-order valence-electron chi connectivity index (χ1n) is 4.91. The normalized spacial score (nSPS) is 10.7. The van der Waals surface area contributed by atoms with Crippen molar-refractivity contribution in [3.63, 3.8) is 0 Å². The van der Waals surface area contributed by atoms with Gasteiger partial charge < -0.3 is 4.98 Å². The van der Waals surface area contributed by atoms with Crippen molar-refractivity contribution in [2.75, 3.05) is 12.0 Å². The van der Waals surface area contributed by atoms with Crippen LogP contribution in [0.1, 0.15) is 16.8 Å². The smallest absolute Gasteiger partial charge is 0.165 e. The zero-order valence-corrected chi connectivity index (χ0v) is 9.43. The Balaban J connectivity index is 2.31. The van der Waals surface area contributed by atoms with Crippen molar-refractivity contribution >= 4 is 28.4 Å². The van der Waals surface area contributed by atoms with Crippen LogP contribution in [0.15, 0.2) is 30.5 Å². The molecule has 3 heteroatoms. The minimum atomic E-state index is 0.224. The van der Waals surface area contributed by atoms with Gasteiger partial charge in [0, 0.05) is 34.8 Å². The number of aromatic nitrogens is 1. The molecular formula is C12H13NOS. The van der Waals surface area contributed by atoms with E-state index in [0.29, 0.717) is 6.42 Å². The van der Waals surface area contributed by atoms with Crippen molar-refractivity contribution in [3.8, 4) is 0 Å². The Bertz CT molecular complexity index is 475. The van der Waals surface area contributed by atoms with Gasteiger partial charge in [-0.2, -0.15) is 11.8 Å². The van der Waals surface area contributed by atoms with E-state index in [1.807, 2.05) is 36.7 Å². The monoisotopic (exact) mass is 219 g/mol. The standard InChI is InChI=1S/C12H13NOS/c1-15-7-6-12(14)10-8-13-11-5-3-2-4-9(10)11/h2-5,8,13H,6-7H2,1H3. The number of hydrogen-bond donors (Lipinski definition) is 1. The number of nitrogens with one attached hydrogen (secondary N) is 1. The lowest BCUT2D eigenvalue weighted by molar-refractivity contribution is 0.0991. The molecule has 1 aromatic heterocycles. The predicted octanol–water partition coefficient (Wildman–Crippen LogP) is 3.10. The highest BCUT2D eigenvalue weighted by Crippen LogP contribution is 2.19. The fraction of sp³-hybridized carbons (Fsp3) is 0.250. The van der Waals surface area contributed by atoms with Gasteiger partial charge in [0.25, 0.3) is 0 Å². The van der Waals surface area contributed by atoms with Crippen molar-refractivity contribution in [1.29, 1.82) is 0 Å². The molecule has 0 atom stereocenters. The van der Waals surface area contributed by atoms with E-state index in [0.717, 1.165) is 22.2 Å². The molecule has 0 aliphatic heterocycles. The summed E-state index contributed by atoms with van der Waals surface area (Å²) in [5.41, 5.74) is 1.85. The van der Waals surface area contributed by atoms with Gasteiger partial charge in [-0.15, -0.1) is 0 Å². The van der Waals surface area contributed by atoms with E-state index < -0.39 is 0 Å².